The Morgan fingerprint density at radius 1 is 0.591 bits per heavy atom. The van der Waals surface area contributed by atoms with E-state index >= 15 is 0 Å². The Kier molecular flexibility index (Phi) is 14.7. The standard InChI is InChI=1S/C33H41N3O8/c37-32-28-12-7-13-29(36-28)33(38)35-15-17-40-19-21-44-31(25-42-23-27-10-5-2-6-11-27)30(43-20-18-39-16-14-34-32)24-41-22-26-8-3-1-4-9-26/h1-13,30-31H,14-25H2,(H,34,37)(H,35,38)/t30-,31-/m1/s1. The lowest BCUT2D eigenvalue weighted by atomic mass is 10.2. The summed E-state index contributed by atoms with van der Waals surface area (Å²) in [5, 5.41) is 5.51. The first-order valence-electron chi connectivity index (χ1n) is 14.8. The molecule has 0 saturated carbocycles. The highest BCUT2D eigenvalue weighted by Gasteiger charge is 2.24. The van der Waals surface area contributed by atoms with E-state index in [1.165, 1.54) is 0 Å². The number of carbonyl (C=O) groups excluding carboxylic acids is 2. The summed E-state index contributed by atoms with van der Waals surface area (Å²) in [7, 11) is 0. The van der Waals surface area contributed by atoms with Crippen LogP contribution in [0.2, 0.25) is 0 Å². The maximum absolute atomic E-state index is 12.5. The van der Waals surface area contributed by atoms with Gasteiger partial charge in [-0.1, -0.05) is 66.7 Å². The Morgan fingerprint density at radius 3 is 1.50 bits per heavy atom. The zero-order chi connectivity index (χ0) is 30.7. The Balaban J connectivity index is 1.37. The van der Waals surface area contributed by atoms with Crippen LogP contribution in [-0.2, 0) is 41.6 Å². The lowest BCUT2D eigenvalue weighted by molar-refractivity contribution is -0.141. The minimum Gasteiger partial charge on any atom is -0.377 e. The molecule has 0 aliphatic carbocycles. The van der Waals surface area contributed by atoms with E-state index in [4.69, 9.17) is 28.4 Å². The minimum absolute atomic E-state index is 0.152. The van der Waals surface area contributed by atoms with E-state index in [1.807, 2.05) is 60.7 Å². The Morgan fingerprint density at radius 2 is 1.05 bits per heavy atom. The van der Waals surface area contributed by atoms with Crippen LogP contribution in [0.4, 0.5) is 0 Å². The van der Waals surface area contributed by atoms with Gasteiger partial charge in [0.1, 0.15) is 23.6 Å². The van der Waals surface area contributed by atoms with E-state index in [-0.39, 0.29) is 62.7 Å². The molecule has 44 heavy (non-hydrogen) atoms. The lowest BCUT2D eigenvalue weighted by Crippen LogP contribution is -2.40. The van der Waals surface area contributed by atoms with E-state index in [0.717, 1.165) is 11.1 Å². The summed E-state index contributed by atoms with van der Waals surface area (Å²) in [6.45, 7) is 3.73. The fourth-order valence-electron chi connectivity index (χ4n) is 4.32. The van der Waals surface area contributed by atoms with Gasteiger partial charge >= 0.3 is 0 Å². The van der Waals surface area contributed by atoms with E-state index in [9.17, 15) is 9.59 Å². The summed E-state index contributed by atoms with van der Waals surface area (Å²) >= 11 is 0. The van der Waals surface area contributed by atoms with Crippen molar-refractivity contribution < 1.29 is 38.0 Å². The molecule has 2 N–H and O–H groups in total. The summed E-state index contributed by atoms with van der Waals surface area (Å²) in [5.74, 6) is -0.778. The third kappa shape index (κ3) is 12.1. The second-order valence-corrected chi connectivity index (χ2v) is 9.96. The fourth-order valence-corrected chi connectivity index (χ4v) is 4.32. The number of carbonyl (C=O) groups is 2. The molecule has 0 radical (unpaired) electrons. The van der Waals surface area contributed by atoms with Gasteiger partial charge in [-0.15, -0.1) is 0 Å². The van der Waals surface area contributed by atoms with Crippen LogP contribution in [0.25, 0.3) is 0 Å². The third-order valence-corrected chi connectivity index (χ3v) is 6.60. The number of nitrogens with zero attached hydrogens (tertiary/aromatic N) is 1. The average molecular weight is 608 g/mol. The summed E-state index contributed by atoms with van der Waals surface area (Å²) in [6, 6.07) is 24.6. The average Bonchev–Trinajstić information content (AvgIpc) is 3.06. The molecule has 0 spiro atoms. The quantitative estimate of drug-likeness (QED) is 0.398. The van der Waals surface area contributed by atoms with Crippen LogP contribution >= 0.6 is 0 Å². The molecule has 11 heteroatoms. The van der Waals surface area contributed by atoms with E-state index < -0.39 is 12.2 Å². The van der Waals surface area contributed by atoms with Gasteiger partial charge in [0, 0.05) is 13.1 Å². The number of hydrogen-bond acceptors (Lipinski definition) is 9. The normalized spacial score (nSPS) is 19.7. The number of fused-ring (bicyclic) bond motifs is 2. The summed E-state index contributed by atoms with van der Waals surface area (Å²) in [4.78, 5) is 29.2. The van der Waals surface area contributed by atoms with Crippen molar-refractivity contribution in [3.63, 3.8) is 0 Å². The predicted molar refractivity (Wildman–Crippen MR) is 162 cm³/mol. The van der Waals surface area contributed by atoms with Crippen LogP contribution in [0.5, 0.6) is 0 Å². The van der Waals surface area contributed by atoms with Gasteiger partial charge in [-0.05, 0) is 23.3 Å². The first-order valence-corrected chi connectivity index (χ1v) is 14.8. The van der Waals surface area contributed by atoms with Gasteiger partial charge in [-0.2, -0.15) is 0 Å². The molecule has 2 aromatic carbocycles. The van der Waals surface area contributed by atoms with Crippen molar-refractivity contribution in [2.24, 2.45) is 0 Å². The molecule has 11 nitrogen and oxygen atoms in total. The smallest absolute Gasteiger partial charge is 0.269 e. The first-order chi connectivity index (χ1) is 21.7. The number of benzene rings is 2. The molecule has 0 saturated heterocycles. The van der Waals surface area contributed by atoms with Crippen molar-refractivity contribution in [2.45, 2.75) is 25.4 Å². The van der Waals surface area contributed by atoms with Gasteiger partial charge in [0.25, 0.3) is 11.8 Å². The molecule has 2 amide bonds. The molecule has 2 heterocycles. The number of ether oxygens (including phenoxy) is 6. The van der Waals surface area contributed by atoms with Crippen molar-refractivity contribution >= 4 is 11.8 Å². The van der Waals surface area contributed by atoms with Crippen molar-refractivity contribution in [3.8, 4) is 0 Å². The molecule has 2 atom stereocenters. The summed E-state index contributed by atoms with van der Waals surface area (Å²) < 4.78 is 35.9. The zero-order valence-corrected chi connectivity index (χ0v) is 24.9. The molecular weight excluding hydrogens is 566 g/mol. The maximum atomic E-state index is 12.5. The maximum Gasteiger partial charge on any atom is 0.269 e. The second-order valence-electron chi connectivity index (χ2n) is 9.96. The first kappa shape index (κ1) is 33.2. The van der Waals surface area contributed by atoms with Crippen LogP contribution in [0.15, 0.2) is 78.9 Å². The number of amides is 2. The van der Waals surface area contributed by atoms with Gasteiger partial charge in [-0.25, -0.2) is 4.98 Å². The van der Waals surface area contributed by atoms with Gasteiger partial charge in [0.15, 0.2) is 0 Å². The SMILES string of the molecule is O=C1NCCOCCO[C@H](COCc2ccccc2)[C@@H](COCc2ccccc2)OCCOCCNC(=O)c2cccc1n2. The van der Waals surface area contributed by atoms with Crippen molar-refractivity contribution in [1.29, 1.82) is 0 Å². The van der Waals surface area contributed by atoms with E-state index in [0.29, 0.717) is 39.6 Å². The number of pyridine rings is 1. The van der Waals surface area contributed by atoms with Gasteiger partial charge in [0.05, 0.1) is 66.1 Å². The highest BCUT2D eigenvalue weighted by atomic mass is 16.6. The highest BCUT2D eigenvalue weighted by Crippen LogP contribution is 2.11. The fraction of sp³-hybridized carbons (Fsp3) is 0.424. The number of aromatic nitrogens is 1. The molecule has 1 aromatic heterocycles. The third-order valence-electron chi connectivity index (χ3n) is 6.60. The molecular formula is C33H41N3O8. The lowest BCUT2D eigenvalue weighted by Gasteiger charge is -2.27. The van der Waals surface area contributed by atoms with E-state index in [2.05, 4.69) is 15.6 Å². The monoisotopic (exact) mass is 607 g/mol. The van der Waals surface area contributed by atoms with E-state index in [1.54, 1.807) is 18.2 Å². The van der Waals surface area contributed by atoms with Crippen molar-refractivity contribution in [1.82, 2.24) is 15.6 Å². The Bertz CT molecular complexity index is 1160. The van der Waals surface area contributed by atoms with Crippen LogP contribution in [-0.4, -0.2) is 95.0 Å². The summed E-state index contributed by atoms with van der Waals surface area (Å²) in [6.07, 6.45) is -0.882. The number of hydrogen-bond donors (Lipinski definition) is 2. The van der Waals surface area contributed by atoms with Gasteiger partial charge < -0.3 is 39.1 Å². The zero-order valence-electron chi connectivity index (χ0n) is 24.9. The topological polar surface area (TPSA) is 126 Å². The number of rotatable bonds is 8. The molecule has 2 bridgehead atoms. The van der Waals surface area contributed by atoms with Crippen molar-refractivity contribution in [3.05, 3.63) is 101 Å². The second kappa shape index (κ2) is 19.5. The van der Waals surface area contributed by atoms with Crippen LogP contribution in [0.3, 0.4) is 0 Å². The minimum atomic E-state index is -0.441. The van der Waals surface area contributed by atoms with Gasteiger partial charge in [0.2, 0.25) is 0 Å². The largest absolute Gasteiger partial charge is 0.377 e. The predicted octanol–water partition coefficient (Wildman–Crippen LogP) is 2.79. The summed E-state index contributed by atoms with van der Waals surface area (Å²) in [5.41, 5.74) is 2.42. The molecule has 0 fully saturated rings. The van der Waals surface area contributed by atoms with Crippen LogP contribution < -0.4 is 10.6 Å². The molecule has 0 unspecified atom stereocenters. The Hall–Kier alpha value is -3.71. The molecule has 4 rings (SSSR count). The Labute approximate surface area is 258 Å². The number of nitrogens with one attached hydrogen (secondary N) is 2. The van der Waals surface area contributed by atoms with Crippen LogP contribution in [0, 0.1) is 0 Å². The van der Waals surface area contributed by atoms with Gasteiger partial charge in [-0.3, -0.25) is 9.59 Å². The molecule has 236 valence electrons. The van der Waals surface area contributed by atoms with Crippen LogP contribution in [0.1, 0.15) is 32.1 Å². The highest BCUT2D eigenvalue weighted by molar-refractivity contribution is 5.96. The van der Waals surface area contributed by atoms with Crippen molar-refractivity contribution in [2.75, 3.05) is 65.9 Å². The molecule has 3 aromatic rings. The molecule has 1 aliphatic rings. The molecule has 1 aliphatic heterocycles.